The van der Waals surface area contributed by atoms with Gasteiger partial charge in [0.2, 0.25) is 0 Å². The molecule has 0 aliphatic heterocycles. The predicted molar refractivity (Wildman–Crippen MR) is 75.4 cm³/mol. The number of ether oxygens (including phenoxy) is 2. The van der Waals surface area contributed by atoms with Crippen LogP contribution < -0.4 is 15.2 Å². The lowest BCUT2D eigenvalue weighted by Crippen LogP contribution is -2.14. The van der Waals surface area contributed by atoms with Gasteiger partial charge in [-0.15, -0.1) is 0 Å². The molecule has 0 saturated heterocycles. The fraction of sp³-hybridized carbons (Fsp3) is 0.625. The molecular weight excluding hydrogens is 238 g/mol. The number of hydrogen-bond donors (Lipinski definition) is 1. The molecule has 2 fully saturated rings. The minimum Gasteiger partial charge on any atom is -0.493 e. The highest BCUT2D eigenvalue weighted by molar-refractivity contribution is 5.44. The summed E-state index contributed by atoms with van der Waals surface area (Å²) in [5.74, 6) is 3.97. The topological polar surface area (TPSA) is 44.5 Å². The van der Waals surface area contributed by atoms with Crippen LogP contribution in [0.4, 0.5) is 0 Å². The normalized spacial score (nSPS) is 30.4. The second-order valence-electron chi connectivity index (χ2n) is 5.83. The zero-order valence-corrected chi connectivity index (χ0v) is 11.8. The van der Waals surface area contributed by atoms with Crippen molar-refractivity contribution in [2.75, 3.05) is 14.2 Å². The van der Waals surface area contributed by atoms with Gasteiger partial charge in [0.1, 0.15) is 0 Å². The Balaban J connectivity index is 1.78. The van der Waals surface area contributed by atoms with Crippen LogP contribution in [0.15, 0.2) is 18.2 Å². The van der Waals surface area contributed by atoms with Gasteiger partial charge in [-0.05, 0) is 48.3 Å². The van der Waals surface area contributed by atoms with Crippen LogP contribution in [0.1, 0.15) is 37.3 Å². The second-order valence-corrected chi connectivity index (χ2v) is 5.83. The van der Waals surface area contributed by atoms with Crippen molar-refractivity contribution in [1.82, 2.24) is 0 Å². The Morgan fingerprint density at radius 3 is 2.26 bits per heavy atom. The van der Waals surface area contributed by atoms with E-state index in [1.807, 2.05) is 12.1 Å². The fourth-order valence-corrected chi connectivity index (χ4v) is 3.86. The predicted octanol–water partition coefficient (Wildman–Crippen LogP) is 3.14. The molecule has 3 atom stereocenters. The van der Waals surface area contributed by atoms with E-state index in [1.54, 1.807) is 14.2 Å². The Morgan fingerprint density at radius 2 is 1.68 bits per heavy atom. The monoisotopic (exact) mass is 261 g/mol. The molecule has 3 unspecified atom stereocenters. The summed E-state index contributed by atoms with van der Waals surface area (Å²) in [5.41, 5.74) is 7.66. The maximum atomic E-state index is 6.48. The first kappa shape index (κ1) is 12.8. The molecule has 0 bridgehead atoms. The average Bonchev–Trinajstić information content (AvgIpc) is 3.20. The lowest BCUT2D eigenvalue weighted by Gasteiger charge is -2.15. The van der Waals surface area contributed by atoms with E-state index in [4.69, 9.17) is 15.2 Å². The molecule has 0 radical (unpaired) electrons. The highest BCUT2D eigenvalue weighted by Gasteiger charge is 2.53. The molecule has 19 heavy (non-hydrogen) atoms. The molecule has 1 aromatic rings. The molecule has 104 valence electrons. The first-order valence-electron chi connectivity index (χ1n) is 7.23. The minimum absolute atomic E-state index is 0.146. The molecule has 0 spiro atoms. The van der Waals surface area contributed by atoms with Crippen molar-refractivity contribution in [1.29, 1.82) is 0 Å². The van der Waals surface area contributed by atoms with E-state index >= 15 is 0 Å². The van der Waals surface area contributed by atoms with Crippen LogP contribution in [0.2, 0.25) is 0 Å². The van der Waals surface area contributed by atoms with Gasteiger partial charge in [0, 0.05) is 6.04 Å². The van der Waals surface area contributed by atoms with E-state index in [0.29, 0.717) is 5.92 Å². The third-order valence-corrected chi connectivity index (χ3v) is 4.93. The van der Waals surface area contributed by atoms with Gasteiger partial charge in [-0.1, -0.05) is 18.9 Å². The fourth-order valence-electron chi connectivity index (χ4n) is 3.86. The van der Waals surface area contributed by atoms with Crippen molar-refractivity contribution in [3.63, 3.8) is 0 Å². The van der Waals surface area contributed by atoms with E-state index in [0.717, 1.165) is 23.3 Å². The Morgan fingerprint density at radius 1 is 1.05 bits per heavy atom. The first-order valence-corrected chi connectivity index (χ1v) is 7.23. The van der Waals surface area contributed by atoms with Crippen molar-refractivity contribution in [2.45, 2.75) is 31.7 Å². The Kier molecular flexibility index (Phi) is 3.40. The summed E-state index contributed by atoms with van der Waals surface area (Å²) in [4.78, 5) is 0. The summed E-state index contributed by atoms with van der Waals surface area (Å²) in [6.45, 7) is 0. The van der Waals surface area contributed by atoms with Gasteiger partial charge >= 0.3 is 0 Å². The van der Waals surface area contributed by atoms with Gasteiger partial charge in [0.25, 0.3) is 0 Å². The van der Waals surface area contributed by atoms with Crippen molar-refractivity contribution < 1.29 is 9.47 Å². The average molecular weight is 261 g/mol. The highest BCUT2D eigenvalue weighted by Crippen LogP contribution is 2.59. The lowest BCUT2D eigenvalue weighted by atomic mass is 10.0. The summed E-state index contributed by atoms with van der Waals surface area (Å²) in [7, 11) is 3.33. The van der Waals surface area contributed by atoms with Crippen molar-refractivity contribution in [3.05, 3.63) is 23.8 Å². The van der Waals surface area contributed by atoms with E-state index in [1.165, 1.54) is 31.2 Å². The number of fused-ring (bicyclic) bond motifs is 1. The molecule has 2 aliphatic rings. The van der Waals surface area contributed by atoms with Crippen LogP contribution in [0.3, 0.4) is 0 Å². The lowest BCUT2D eigenvalue weighted by molar-refractivity contribution is 0.354. The SMILES string of the molecule is COc1ccc(C(N)C2C3CCCCC32)cc1OC. The molecule has 3 heteroatoms. The van der Waals surface area contributed by atoms with Gasteiger partial charge < -0.3 is 15.2 Å². The van der Waals surface area contributed by atoms with Crippen LogP contribution in [-0.2, 0) is 0 Å². The molecule has 0 heterocycles. The Bertz CT molecular complexity index is 448. The van der Waals surface area contributed by atoms with Crippen LogP contribution in [0, 0.1) is 17.8 Å². The van der Waals surface area contributed by atoms with Gasteiger partial charge in [-0.2, -0.15) is 0 Å². The van der Waals surface area contributed by atoms with Crippen molar-refractivity contribution >= 4 is 0 Å². The van der Waals surface area contributed by atoms with Crippen LogP contribution in [-0.4, -0.2) is 14.2 Å². The summed E-state index contributed by atoms with van der Waals surface area (Å²) >= 11 is 0. The molecular formula is C16H23NO2. The van der Waals surface area contributed by atoms with Crippen LogP contribution >= 0.6 is 0 Å². The standard InChI is InChI=1S/C16H23NO2/c1-18-13-8-7-10(9-14(13)19-2)16(17)15-11-5-3-4-6-12(11)15/h7-9,11-12,15-16H,3-6,17H2,1-2H3. The molecule has 1 aromatic carbocycles. The summed E-state index contributed by atoms with van der Waals surface area (Å²) < 4.78 is 10.6. The van der Waals surface area contributed by atoms with Crippen molar-refractivity contribution in [2.24, 2.45) is 23.5 Å². The number of rotatable bonds is 4. The van der Waals surface area contributed by atoms with E-state index < -0.39 is 0 Å². The summed E-state index contributed by atoms with van der Waals surface area (Å²) in [6, 6.07) is 6.22. The molecule has 2 aliphatic carbocycles. The maximum absolute atomic E-state index is 6.48. The molecule has 3 rings (SSSR count). The maximum Gasteiger partial charge on any atom is 0.161 e. The largest absolute Gasteiger partial charge is 0.493 e. The van der Waals surface area contributed by atoms with E-state index in [9.17, 15) is 0 Å². The second kappa shape index (κ2) is 5.04. The highest BCUT2D eigenvalue weighted by atomic mass is 16.5. The summed E-state index contributed by atoms with van der Waals surface area (Å²) in [5, 5.41) is 0. The van der Waals surface area contributed by atoms with Crippen LogP contribution in [0.5, 0.6) is 11.5 Å². The van der Waals surface area contributed by atoms with Crippen molar-refractivity contribution in [3.8, 4) is 11.5 Å². The number of nitrogens with two attached hydrogens (primary N) is 1. The number of methoxy groups -OCH3 is 2. The zero-order chi connectivity index (χ0) is 13.4. The molecule has 3 nitrogen and oxygen atoms in total. The molecule has 0 amide bonds. The number of benzene rings is 1. The van der Waals surface area contributed by atoms with Crippen LogP contribution in [0.25, 0.3) is 0 Å². The van der Waals surface area contributed by atoms with Gasteiger partial charge in [-0.25, -0.2) is 0 Å². The molecule has 0 aromatic heterocycles. The Labute approximate surface area is 115 Å². The Hall–Kier alpha value is -1.22. The van der Waals surface area contributed by atoms with Gasteiger partial charge in [0.15, 0.2) is 11.5 Å². The first-order chi connectivity index (χ1) is 9.26. The third kappa shape index (κ3) is 2.20. The van der Waals surface area contributed by atoms with E-state index in [-0.39, 0.29) is 6.04 Å². The molecule has 2 saturated carbocycles. The zero-order valence-electron chi connectivity index (χ0n) is 11.8. The quantitative estimate of drug-likeness (QED) is 0.905. The smallest absolute Gasteiger partial charge is 0.161 e. The number of hydrogen-bond acceptors (Lipinski definition) is 3. The minimum atomic E-state index is 0.146. The van der Waals surface area contributed by atoms with E-state index in [2.05, 4.69) is 6.07 Å². The third-order valence-electron chi connectivity index (χ3n) is 4.93. The summed E-state index contributed by atoms with van der Waals surface area (Å²) in [6.07, 6.45) is 5.51. The van der Waals surface area contributed by atoms with Gasteiger partial charge in [-0.3, -0.25) is 0 Å². The van der Waals surface area contributed by atoms with Gasteiger partial charge in [0.05, 0.1) is 14.2 Å². The molecule has 2 N–H and O–H groups in total.